The fourth-order valence-corrected chi connectivity index (χ4v) is 3.95. The van der Waals surface area contributed by atoms with Crippen LogP contribution in [0.15, 0.2) is 6.07 Å². The summed E-state index contributed by atoms with van der Waals surface area (Å²) in [4.78, 5) is 32.2. The van der Waals surface area contributed by atoms with Gasteiger partial charge in [-0.3, -0.25) is 4.79 Å². The number of aryl methyl sites for hydroxylation is 2. The van der Waals surface area contributed by atoms with Gasteiger partial charge in [0.05, 0.1) is 5.56 Å². The molecule has 0 atom stereocenters. The number of aromatic nitrogens is 1. The summed E-state index contributed by atoms with van der Waals surface area (Å²) in [5, 5.41) is 3.18. The van der Waals surface area contributed by atoms with Gasteiger partial charge in [-0.2, -0.15) is 0 Å². The third-order valence-corrected chi connectivity index (χ3v) is 5.38. The average Bonchev–Trinajstić information content (AvgIpc) is 2.80. The first-order valence-corrected chi connectivity index (χ1v) is 9.55. The molecule has 6 heteroatoms. The van der Waals surface area contributed by atoms with Crippen LogP contribution >= 0.6 is 0 Å². The quantitative estimate of drug-likeness (QED) is 0.864. The van der Waals surface area contributed by atoms with Crippen molar-refractivity contribution in [2.45, 2.75) is 58.4 Å². The highest BCUT2D eigenvalue weighted by molar-refractivity contribution is 5.95. The van der Waals surface area contributed by atoms with Crippen LogP contribution in [0.5, 0.6) is 0 Å². The first-order valence-electron chi connectivity index (χ1n) is 9.55. The number of carbonyl (C=O) groups is 2. The largest absolute Gasteiger partial charge is 0.362 e. The molecule has 6 nitrogen and oxygen atoms in total. The molecule has 1 aliphatic carbocycles. The molecule has 138 valence electrons. The zero-order valence-electron chi connectivity index (χ0n) is 15.4. The van der Waals surface area contributed by atoms with Gasteiger partial charge in [0.15, 0.2) is 0 Å². The average molecular weight is 346 g/mol. The standard InChI is InChI=1S/C19H30N4O2/c1-14-13-17(15(2)20-14)18(24)22-9-6-10-23(12-11-22)19(25)21-16-7-4-3-5-8-16/h13,16,20H,3-12H2,1-2H3,(H,21,25). The van der Waals surface area contributed by atoms with Gasteiger partial charge in [0, 0.05) is 43.6 Å². The van der Waals surface area contributed by atoms with Gasteiger partial charge >= 0.3 is 6.03 Å². The number of H-pyrrole nitrogens is 1. The third kappa shape index (κ3) is 4.35. The van der Waals surface area contributed by atoms with Crippen molar-refractivity contribution in [3.8, 4) is 0 Å². The SMILES string of the molecule is Cc1cc(C(=O)N2CCCN(C(=O)NC3CCCCC3)CC2)c(C)[nH]1. The summed E-state index contributed by atoms with van der Waals surface area (Å²) in [5.74, 6) is 0.0661. The molecule has 0 unspecified atom stereocenters. The molecule has 0 radical (unpaired) electrons. The van der Waals surface area contributed by atoms with Gasteiger partial charge < -0.3 is 20.1 Å². The van der Waals surface area contributed by atoms with Crippen LogP contribution in [0.2, 0.25) is 0 Å². The highest BCUT2D eigenvalue weighted by Gasteiger charge is 2.25. The van der Waals surface area contributed by atoms with E-state index in [0.717, 1.165) is 36.2 Å². The summed E-state index contributed by atoms with van der Waals surface area (Å²) in [6, 6.07) is 2.28. The topological polar surface area (TPSA) is 68.4 Å². The lowest BCUT2D eigenvalue weighted by molar-refractivity contribution is 0.0761. The van der Waals surface area contributed by atoms with Crippen molar-refractivity contribution < 1.29 is 9.59 Å². The molecule has 2 aliphatic rings. The van der Waals surface area contributed by atoms with E-state index in [0.29, 0.717) is 32.2 Å². The van der Waals surface area contributed by atoms with Crippen molar-refractivity contribution >= 4 is 11.9 Å². The normalized spacial score (nSPS) is 19.6. The molecule has 3 rings (SSSR count). The van der Waals surface area contributed by atoms with Gasteiger partial charge in [0.1, 0.15) is 0 Å². The van der Waals surface area contributed by atoms with Crippen LogP contribution in [0.1, 0.15) is 60.3 Å². The number of hydrogen-bond acceptors (Lipinski definition) is 2. The summed E-state index contributed by atoms with van der Waals surface area (Å²) in [7, 11) is 0. The maximum absolute atomic E-state index is 12.8. The second-order valence-electron chi connectivity index (χ2n) is 7.41. The van der Waals surface area contributed by atoms with Crippen molar-refractivity contribution in [1.82, 2.24) is 20.1 Å². The minimum Gasteiger partial charge on any atom is -0.362 e. The number of amides is 3. The molecule has 0 bridgehead atoms. The van der Waals surface area contributed by atoms with Crippen LogP contribution in [-0.2, 0) is 0 Å². The minimum atomic E-state index is 0.0369. The van der Waals surface area contributed by atoms with Crippen LogP contribution in [0.4, 0.5) is 4.79 Å². The highest BCUT2D eigenvalue weighted by atomic mass is 16.2. The Morgan fingerprint density at radius 2 is 1.68 bits per heavy atom. The van der Waals surface area contributed by atoms with E-state index in [1.54, 1.807) is 0 Å². The minimum absolute atomic E-state index is 0.0369. The van der Waals surface area contributed by atoms with Gasteiger partial charge in [-0.15, -0.1) is 0 Å². The van der Waals surface area contributed by atoms with Crippen LogP contribution in [0.3, 0.4) is 0 Å². The second kappa shape index (κ2) is 7.93. The molecule has 2 N–H and O–H groups in total. The second-order valence-corrected chi connectivity index (χ2v) is 7.41. The number of hydrogen-bond donors (Lipinski definition) is 2. The Morgan fingerprint density at radius 3 is 2.36 bits per heavy atom. The van der Waals surface area contributed by atoms with E-state index >= 15 is 0 Å². The maximum atomic E-state index is 12.8. The fourth-order valence-electron chi connectivity index (χ4n) is 3.95. The lowest BCUT2D eigenvalue weighted by atomic mass is 9.96. The van der Waals surface area contributed by atoms with Crippen molar-refractivity contribution in [3.05, 3.63) is 23.0 Å². The van der Waals surface area contributed by atoms with E-state index in [4.69, 9.17) is 0 Å². The molecule has 3 amide bonds. The number of rotatable bonds is 2. The van der Waals surface area contributed by atoms with Crippen molar-refractivity contribution in [1.29, 1.82) is 0 Å². The van der Waals surface area contributed by atoms with Crippen LogP contribution < -0.4 is 5.32 Å². The monoisotopic (exact) mass is 346 g/mol. The van der Waals surface area contributed by atoms with Gasteiger partial charge in [-0.25, -0.2) is 4.79 Å². The van der Waals surface area contributed by atoms with Gasteiger partial charge in [0.2, 0.25) is 0 Å². The molecule has 1 aliphatic heterocycles. The van der Waals surface area contributed by atoms with E-state index in [1.165, 1.54) is 19.3 Å². The Labute approximate surface area is 149 Å². The predicted molar refractivity (Wildman–Crippen MR) is 97.8 cm³/mol. The number of urea groups is 1. The summed E-state index contributed by atoms with van der Waals surface area (Å²) in [6.07, 6.45) is 6.72. The van der Waals surface area contributed by atoms with E-state index in [-0.39, 0.29) is 11.9 Å². The number of nitrogens with one attached hydrogen (secondary N) is 2. The summed E-state index contributed by atoms with van der Waals surface area (Å²) >= 11 is 0. The Morgan fingerprint density at radius 1 is 1.00 bits per heavy atom. The lowest BCUT2D eigenvalue weighted by Crippen LogP contribution is -2.46. The molecule has 1 saturated heterocycles. The molecule has 1 saturated carbocycles. The van der Waals surface area contributed by atoms with Gasteiger partial charge in [0.25, 0.3) is 5.91 Å². The molecular weight excluding hydrogens is 316 g/mol. The van der Waals surface area contributed by atoms with Gasteiger partial charge in [-0.05, 0) is 39.2 Å². The maximum Gasteiger partial charge on any atom is 0.317 e. The van der Waals surface area contributed by atoms with E-state index in [9.17, 15) is 9.59 Å². The van der Waals surface area contributed by atoms with Crippen molar-refractivity contribution in [2.24, 2.45) is 0 Å². The molecule has 25 heavy (non-hydrogen) atoms. The summed E-state index contributed by atoms with van der Waals surface area (Å²) < 4.78 is 0. The molecular formula is C19H30N4O2. The van der Waals surface area contributed by atoms with E-state index in [1.807, 2.05) is 29.7 Å². The molecule has 0 spiro atoms. The van der Waals surface area contributed by atoms with Crippen LogP contribution in [0, 0.1) is 13.8 Å². The van der Waals surface area contributed by atoms with E-state index < -0.39 is 0 Å². The molecule has 1 aromatic rings. The Hall–Kier alpha value is -1.98. The number of carbonyl (C=O) groups excluding carboxylic acids is 2. The Kier molecular flexibility index (Phi) is 5.66. The van der Waals surface area contributed by atoms with Gasteiger partial charge in [-0.1, -0.05) is 19.3 Å². The molecule has 2 fully saturated rings. The third-order valence-electron chi connectivity index (χ3n) is 5.38. The molecule has 2 heterocycles. The number of aromatic amines is 1. The lowest BCUT2D eigenvalue weighted by Gasteiger charge is -2.27. The smallest absolute Gasteiger partial charge is 0.317 e. The summed E-state index contributed by atoms with van der Waals surface area (Å²) in [6.45, 7) is 6.52. The van der Waals surface area contributed by atoms with Crippen molar-refractivity contribution in [2.75, 3.05) is 26.2 Å². The number of nitrogens with zero attached hydrogens (tertiary/aromatic N) is 2. The Balaban J connectivity index is 1.55. The highest BCUT2D eigenvalue weighted by Crippen LogP contribution is 2.18. The first-order chi connectivity index (χ1) is 12.0. The Bertz CT molecular complexity index is 619. The zero-order chi connectivity index (χ0) is 17.8. The molecule has 1 aromatic heterocycles. The molecule has 0 aromatic carbocycles. The van der Waals surface area contributed by atoms with Crippen LogP contribution in [-0.4, -0.2) is 58.9 Å². The zero-order valence-corrected chi connectivity index (χ0v) is 15.4. The van der Waals surface area contributed by atoms with E-state index in [2.05, 4.69) is 10.3 Å². The van der Waals surface area contributed by atoms with Crippen LogP contribution in [0.25, 0.3) is 0 Å². The predicted octanol–water partition coefficient (Wildman–Crippen LogP) is 2.82. The summed E-state index contributed by atoms with van der Waals surface area (Å²) in [5.41, 5.74) is 2.67. The van der Waals surface area contributed by atoms with Crippen molar-refractivity contribution in [3.63, 3.8) is 0 Å². The first kappa shape index (κ1) is 17.8. The fraction of sp³-hybridized carbons (Fsp3) is 0.684.